The van der Waals surface area contributed by atoms with Gasteiger partial charge < -0.3 is 10.5 Å². The molecule has 1 heterocycles. The second kappa shape index (κ2) is 4.31. The monoisotopic (exact) mass is 254 g/mol. The number of methoxy groups -OCH3 is 1. The van der Waals surface area contributed by atoms with Crippen molar-refractivity contribution in [1.82, 2.24) is 4.98 Å². The van der Waals surface area contributed by atoms with E-state index in [-0.39, 0.29) is 0 Å². The molecule has 0 atom stereocenters. The topological polar surface area (TPSA) is 48.1 Å². The van der Waals surface area contributed by atoms with Crippen molar-refractivity contribution in [1.29, 1.82) is 0 Å². The Kier molecular flexibility index (Phi) is 3.03. The van der Waals surface area contributed by atoms with Crippen LogP contribution in [0.25, 0.3) is 11.3 Å². The lowest BCUT2D eigenvalue weighted by Gasteiger charge is -2.05. The van der Waals surface area contributed by atoms with Crippen molar-refractivity contribution in [3.8, 4) is 17.0 Å². The van der Waals surface area contributed by atoms with Gasteiger partial charge in [-0.15, -0.1) is 11.3 Å². The number of ether oxygens (including phenoxy) is 1. The molecule has 0 unspecified atom stereocenters. The minimum absolute atomic E-state index is 0.555. The van der Waals surface area contributed by atoms with E-state index < -0.39 is 0 Å². The van der Waals surface area contributed by atoms with Gasteiger partial charge >= 0.3 is 0 Å². The molecular formula is C11H11ClN2OS. The zero-order valence-corrected chi connectivity index (χ0v) is 10.5. The van der Waals surface area contributed by atoms with Crippen molar-refractivity contribution in [2.45, 2.75) is 6.92 Å². The van der Waals surface area contributed by atoms with Crippen molar-refractivity contribution in [2.24, 2.45) is 0 Å². The van der Waals surface area contributed by atoms with Gasteiger partial charge in [0.2, 0.25) is 0 Å². The van der Waals surface area contributed by atoms with Crippen LogP contribution in [0.15, 0.2) is 18.2 Å². The second-order valence-corrected chi connectivity index (χ2v) is 4.94. The molecule has 5 heteroatoms. The molecule has 0 fully saturated rings. The molecule has 2 aromatic rings. The van der Waals surface area contributed by atoms with Gasteiger partial charge in [0.1, 0.15) is 5.75 Å². The molecule has 0 saturated heterocycles. The number of hydrogen-bond acceptors (Lipinski definition) is 4. The average molecular weight is 255 g/mol. The van der Waals surface area contributed by atoms with Crippen LogP contribution in [0.3, 0.4) is 0 Å². The molecule has 0 aliphatic rings. The number of nitrogens with zero attached hydrogens (tertiary/aromatic N) is 1. The summed E-state index contributed by atoms with van der Waals surface area (Å²) in [6.45, 7) is 1.98. The molecule has 2 N–H and O–H groups in total. The molecule has 1 aromatic carbocycles. The molecular weight excluding hydrogens is 244 g/mol. The lowest BCUT2D eigenvalue weighted by molar-refractivity contribution is 0.415. The largest absolute Gasteiger partial charge is 0.497 e. The molecule has 0 saturated carbocycles. The van der Waals surface area contributed by atoms with Crippen LogP contribution in [-0.4, -0.2) is 12.1 Å². The van der Waals surface area contributed by atoms with Gasteiger partial charge in [-0.1, -0.05) is 11.6 Å². The fourth-order valence-corrected chi connectivity index (χ4v) is 2.44. The van der Waals surface area contributed by atoms with Crippen LogP contribution in [0.5, 0.6) is 5.75 Å². The highest BCUT2D eigenvalue weighted by atomic mass is 35.5. The minimum Gasteiger partial charge on any atom is -0.497 e. The van der Waals surface area contributed by atoms with Gasteiger partial charge in [-0.05, 0) is 25.1 Å². The van der Waals surface area contributed by atoms with Crippen LogP contribution in [0.1, 0.15) is 4.88 Å². The highest BCUT2D eigenvalue weighted by Gasteiger charge is 2.11. The predicted octanol–water partition coefficient (Wildman–Crippen LogP) is 3.36. The van der Waals surface area contributed by atoms with E-state index in [2.05, 4.69) is 4.98 Å². The first kappa shape index (κ1) is 11.2. The molecule has 0 amide bonds. The van der Waals surface area contributed by atoms with Crippen molar-refractivity contribution >= 4 is 28.1 Å². The third-order valence-corrected chi connectivity index (χ3v) is 3.36. The number of thiazole rings is 1. The molecule has 0 bridgehead atoms. The number of hydrogen-bond donors (Lipinski definition) is 1. The Balaban J connectivity index is 2.52. The molecule has 0 radical (unpaired) electrons. The van der Waals surface area contributed by atoms with E-state index in [4.69, 9.17) is 22.1 Å². The van der Waals surface area contributed by atoms with E-state index in [1.807, 2.05) is 19.1 Å². The summed E-state index contributed by atoms with van der Waals surface area (Å²) < 4.78 is 5.09. The maximum absolute atomic E-state index is 6.17. The van der Waals surface area contributed by atoms with Gasteiger partial charge in [0.15, 0.2) is 5.13 Å². The Labute approximate surface area is 103 Å². The molecule has 3 nitrogen and oxygen atoms in total. The normalized spacial score (nSPS) is 10.4. The van der Waals surface area contributed by atoms with Gasteiger partial charge in [-0.3, -0.25) is 0 Å². The summed E-state index contributed by atoms with van der Waals surface area (Å²) in [6, 6.07) is 5.52. The summed E-state index contributed by atoms with van der Waals surface area (Å²) in [6.07, 6.45) is 0. The zero-order valence-electron chi connectivity index (χ0n) is 8.95. The summed E-state index contributed by atoms with van der Waals surface area (Å²) in [5.41, 5.74) is 7.39. The van der Waals surface area contributed by atoms with Crippen LogP contribution >= 0.6 is 22.9 Å². The van der Waals surface area contributed by atoms with Crippen molar-refractivity contribution in [3.63, 3.8) is 0 Å². The maximum Gasteiger partial charge on any atom is 0.180 e. The minimum atomic E-state index is 0.555. The Morgan fingerprint density at radius 1 is 1.44 bits per heavy atom. The summed E-state index contributed by atoms with van der Waals surface area (Å²) >= 11 is 7.63. The zero-order chi connectivity index (χ0) is 11.7. The number of rotatable bonds is 2. The number of aromatic nitrogens is 1. The summed E-state index contributed by atoms with van der Waals surface area (Å²) in [5.74, 6) is 0.731. The van der Waals surface area contributed by atoms with E-state index in [1.54, 1.807) is 13.2 Å². The molecule has 0 spiro atoms. The summed E-state index contributed by atoms with van der Waals surface area (Å²) in [4.78, 5) is 5.33. The number of halogens is 1. The lowest BCUT2D eigenvalue weighted by atomic mass is 10.1. The molecule has 2 rings (SSSR count). The van der Waals surface area contributed by atoms with E-state index in [0.717, 1.165) is 21.9 Å². The first-order chi connectivity index (χ1) is 7.61. The Hall–Kier alpha value is -1.26. The average Bonchev–Trinajstić information content (AvgIpc) is 2.57. The first-order valence-corrected chi connectivity index (χ1v) is 5.88. The fourth-order valence-electron chi connectivity index (χ4n) is 1.48. The van der Waals surface area contributed by atoms with E-state index in [0.29, 0.717) is 10.2 Å². The van der Waals surface area contributed by atoms with Gasteiger partial charge in [0, 0.05) is 10.4 Å². The Morgan fingerprint density at radius 2 is 2.19 bits per heavy atom. The molecule has 16 heavy (non-hydrogen) atoms. The first-order valence-electron chi connectivity index (χ1n) is 4.68. The number of aryl methyl sites for hydroxylation is 1. The van der Waals surface area contributed by atoms with Gasteiger partial charge in [0.25, 0.3) is 0 Å². The lowest BCUT2D eigenvalue weighted by Crippen LogP contribution is -1.87. The van der Waals surface area contributed by atoms with Crippen LogP contribution in [0.2, 0.25) is 5.02 Å². The number of nitrogen functional groups attached to an aromatic ring is 1. The maximum atomic E-state index is 6.17. The third-order valence-electron chi connectivity index (χ3n) is 2.24. The quantitative estimate of drug-likeness (QED) is 0.894. The second-order valence-electron chi connectivity index (χ2n) is 3.30. The number of anilines is 1. The van der Waals surface area contributed by atoms with Crippen LogP contribution in [-0.2, 0) is 0 Å². The smallest absolute Gasteiger partial charge is 0.180 e. The van der Waals surface area contributed by atoms with Crippen molar-refractivity contribution < 1.29 is 4.74 Å². The SMILES string of the molecule is COc1ccc(-c2nc(N)sc2C)c(Cl)c1. The fraction of sp³-hybridized carbons (Fsp3) is 0.182. The van der Waals surface area contributed by atoms with E-state index >= 15 is 0 Å². The molecule has 1 aromatic heterocycles. The van der Waals surface area contributed by atoms with Gasteiger partial charge in [0.05, 0.1) is 17.8 Å². The number of nitrogens with two attached hydrogens (primary N) is 1. The molecule has 84 valence electrons. The highest BCUT2D eigenvalue weighted by molar-refractivity contribution is 7.15. The van der Waals surface area contributed by atoms with Crippen molar-refractivity contribution in [3.05, 3.63) is 28.1 Å². The van der Waals surface area contributed by atoms with Gasteiger partial charge in [-0.2, -0.15) is 0 Å². The number of benzene rings is 1. The van der Waals surface area contributed by atoms with E-state index in [1.165, 1.54) is 11.3 Å². The van der Waals surface area contributed by atoms with Crippen molar-refractivity contribution in [2.75, 3.05) is 12.8 Å². The van der Waals surface area contributed by atoms with Crippen LogP contribution in [0.4, 0.5) is 5.13 Å². The Bertz CT molecular complexity index is 525. The Morgan fingerprint density at radius 3 is 2.69 bits per heavy atom. The highest BCUT2D eigenvalue weighted by Crippen LogP contribution is 2.35. The predicted molar refractivity (Wildman–Crippen MR) is 68.3 cm³/mol. The third kappa shape index (κ3) is 1.99. The summed E-state index contributed by atoms with van der Waals surface area (Å²) in [5, 5.41) is 1.17. The standard InChI is InChI=1S/C11H11ClN2OS/c1-6-10(14-11(13)16-6)8-4-3-7(15-2)5-9(8)12/h3-5H,1-2H3,(H2,13,14). The summed E-state index contributed by atoms with van der Waals surface area (Å²) in [7, 11) is 1.61. The molecule has 0 aliphatic heterocycles. The van der Waals surface area contributed by atoms with Crippen LogP contribution in [0, 0.1) is 6.92 Å². The van der Waals surface area contributed by atoms with Gasteiger partial charge in [-0.25, -0.2) is 4.98 Å². The molecule has 0 aliphatic carbocycles. The van der Waals surface area contributed by atoms with Crippen LogP contribution < -0.4 is 10.5 Å². The van der Waals surface area contributed by atoms with E-state index in [9.17, 15) is 0 Å².